The van der Waals surface area contributed by atoms with E-state index in [9.17, 15) is 4.79 Å². The second-order valence-corrected chi connectivity index (χ2v) is 9.33. The van der Waals surface area contributed by atoms with E-state index < -0.39 is 0 Å². The lowest BCUT2D eigenvalue weighted by Crippen LogP contribution is -2.38. The Morgan fingerprint density at radius 2 is 1.82 bits per heavy atom. The molecule has 5 rings (SSSR count). The molecule has 0 saturated carbocycles. The molecule has 0 bridgehead atoms. The van der Waals surface area contributed by atoms with E-state index in [2.05, 4.69) is 35.7 Å². The van der Waals surface area contributed by atoms with E-state index in [1.165, 1.54) is 12.0 Å². The molecule has 6 heteroatoms. The highest BCUT2D eigenvalue weighted by atomic mass is 16.2. The summed E-state index contributed by atoms with van der Waals surface area (Å²) in [5, 5.41) is 17.7. The molecule has 6 nitrogen and oxygen atoms in total. The van der Waals surface area contributed by atoms with Crippen molar-refractivity contribution >= 4 is 5.91 Å². The molecule has 0 spiro atoms. The topological polar surface area (TPSA) is 74.0 Å². The van der Waals surface area contributed by atoms with Crippen molar-refractivity contribution in [2.24, 2.45) is 0 Å². The number of nitrogens with one attached hydrogen (secondary N) is 1. The number of carbonyl (C=O) groups is 1. The van der Waals surface area contributed by atoms with Crippen LogP contribution in [0.4, 0.5) is 0 Å². The van der Waals surface area contributed by atoms with Gasteiger partial charge in [0.2, 0.25) is 0 Å². The predicted octanol–water partition coefficient (Wildman–Crippen LogP) is 4.06. The zero-order valence-electron chi connectivity index (χ0n) is 19.5. The van der Waals surface area contributed by atoms with Crippen LogP contribution in [0.25, 0.3) is 5.69 Å². The summed E-state index contributed by atoms with van der Waals surface area (Å²) < 4.78 is 1.94. The van der Waals surface area contributed by atoms with E-state index in [-0.39, 0.29) is 5.91 Å². The molecule has 0 radical (unpaired) electrons. The van der Waals surface area contributed by atoms with Crippen LogP contribution in [0.1, 0.15) is 58.6 Å². The standard InChI is InChI=1S/C28H31N5O/c29-20-22-9-12-24(13-10-22)33-26-14-11-23(30-16-15-21-7-3-1-4-8-21)19-25(26)27(31-33)28(34)32-17-5-2-6-18-32/h1,3-4,7-10,12-13,23,30H,2,5-6,11,14-19H2. The molecule has 1 aliphatic heterocycles. The van der Waals surface area contributed by atoms with Crippen molar-refractivity contribution in [2.75, 3.05) is 19.6 Å². The van der Waals surface area contributed by atoms with E-state index >= 15 is 0 Å². The third kappa shape index (κ3) is 4.76. The van der Waals surface area contributed by atoms with Crippen LogP contribution in [0, 0.1) is 11.3 Å². The smallest absolute Gasteiger partial charge is 0.274 e. The Balaban J connectivity index is 1.39. The second kappa shape index (κ2) is 10.2. The summed E-state index contributed by atoms with van der Waals surface area (Å²) in [7, 11) is 0. The number of carbonyl (C=O) groups excluding carboxylic acids is 1. The van der Waals surface area contributed by atoms with Crippen LogP contribution >= 0.6 is 0 Å². The molecule has 2 aliphatic rings. The Morgan fingerprint density at radius 1 is 1.06 bits per heavy atom. The zero-order chi connectivity index (χ0) is 23.3. The highest BCUT2D eigenvalue weighted by Crippen LogP contribution is 2.29. The molecule has 1 aliphatic carbocycles. The molecule has 3 aromatic rings. The van der Waals surface area contributed by atoms with Crippen molar-refractivity contribution in [3.63, 3.8) is 0 Å². The van der Waals surface area contributed by atoms with E-state index in [1.54, 1.807) is 0 Å². The summed E-state index contributed by atoms with van der Waals surface area (Å²) in [5.74, 6) is 0.0632. The maximum atomic E-state index is 13.5. The highest BCUT2D eigenvalue weighted by Gasteiger charge is 2.31. The number of rotatable bonds is 6. The number of fused-ring (bicyclic) bond motifs is 1. The molecule has 1 N–H and O–H groups in total. The van der Waals surface area contributed by atoms with Crippen LogP contribution in [0.5, 0.6) is 0 Å². The van der Waals surface area contributed by atoms with Crippen molar-refractivity contribution in [3.8, 4) is 11.8 Å². The van der Waals surface area contributed by atoms with Crippen LogP contribution in [0.3, 0.4) is 0 Å². The van der Waals surface area contributed by atoms with Gasteiger partial charge in [0.1, 0.15) is 0 Å². The predicted molar refractivity (Wildman–Crippen MR) is 132 cm³/mol. The zero-order valence-corrected chi connectivity index (χ0v) is 19.5. The number of nitriles is 1. The molecular weight excluding hydrogens is 422 g/mol. The Kier molecular flexibility index (Phi) is 6.73. The Hall–Kier alpha value is -3.43. The number of likely N-dealkylation sites (tertiary alicyclic amines) is 1. The number of hydrogen-bond acceptors (Lipinski definition) is 4. The van der Waals surface area contributed by atoms with Gasteiger partial charge in [-0.15, -0.1) is 0 Å². The van der Waals surface area contributed by atoms with Gasteiger partial charge in [0.15, 0.2) is 5.69 Å². The minimum Gasteiger partial charge on any atom is -0.337 e. The fourth-order valence-corrected chi connectivity index (χ4v) is 5.16. The Bertz CT molecular complexity index is 1170. The van der Waals surface area contributed by atoms with Crippen LogP contribution in [0.2, 0.25) is 0 Å². The van der Waals surface area contributed by atoms with Gasteiger partial charge in [-0.05, 0) is 81.3 Å². The summed E-state index contributed by atoms with van der Waals surface area (Å²) in [6.07, 6.45) is 7.01. The molecule has 34 heavy (non-hydrogen) atoms. The number of hydrogen-bond donors (Lipinski definition) is 1. The molecule has 1 aromatic heterocycles. The second-order valence-electron chi connectivity index (χ2n) is 9.33. The number of nitrogens with zero attached hydrogens (tertiary/aromatic N) is 4. The molecule has 1 atom stereocenters. The summed E-state index contributed by atoms with van der Waals surface area (Å²) >= 11 is 0. The van der Waals surface area contributed by atoms with Crippen molar-refractivity contribution < 1.29 is 4.79 Å². The van der Waals surface area contributed by atoms with Gasteiger partial charge < -0.3 is 10.2 Å². The first-order valence-electron chi connectivity index (χ1n) is 12.4. The summed E-state index contributed by atoms with van der Waals surface area (Å²) in [5.41, 5.74) is 5.69. The molecule has 1 fully saturated rings. The van der Waals surface area contributed by atoms with Crippen LogP contribution in [-0.2, 0) is 19.3 Å². The van der Waals surface area contributed by atoms with Gasteiger partial charge in [0.25, 0.3) is 5.91 Å². The first kappa shape index (κ1) is 22.4. The van der Waals surface area contributed by atoms with Crippen LogP contribution in [-0.4, -0.2) is 46.3 Å². The fourth-order valence-electron chi connectivity index (χ4n) is 5.16. The van der Waals surface area contributed by atoms with Crippen molar-refractivity contribution in [3.05, 3.63) is 82.7 Å². The molecule has 1 unspecified atom stereocenters. The summed E-state index contributed by atoms with van der Waals surface area (Å²) in [4.78, 5) is 15.5. The van der Waals surface area contributed by atoms with Crippen molar-refractivity contribution in [1.82, 2.24) is 20.0 Å². The summed E-state index contributed by atoms with van der Waals surface area (Å²) in [6.45, 7) is 2.55. The largest absolute Gasteiger partial charge is 0.337 e. The molecule has 2 aromatic carbocycles. The third-order valence-corrected chi connectivity index (χ3v) is 7.05. The van der Waals surface area contributed by atoms with Gasteiger partial charge in [-0.3, -0.25) is 4.79 Å². The van der Waals surface area contributed by atoms with Crippen LogP contribution < -0.4 is 5.32 Å². The minimum atomic E-state index is 0.0632. The Morgan fingerprint density at radius 3 is 2.56 bits per heavy atom. The Labute approximate surface area is 201 Å². The molecule has 1 saturated heterocycles. The average Bonchev–Trinajstić information content (AvgIpc) is 3.28. The quantitative estimate of drug-likeness (QED) is 0.611. The van der Waals surface area contributed by atoms with E-state index in [0.717, 1.165) is 75.1 Å². The average molecular weight is 454 g/mol. The first-order chi connectivity index (χ1) is 16.7. The number of benzene rings is 2. The monoisotopic (exact) mass is 453 g/mol. The maximum Gasteiger partial charge on any atom is 0.274 e. The minimum absolute atomic E-state index is 0.0632. The SMILES string of the molecule is N#Cc1ccc(-n2nc(C(=O)N3CCCCC3)c3c2CCC(NCCc2ccccc2)C3)cc1. The number of aromatic nitrogens is 2. The number of piperidine rings is 1. The lowest BCUT2D eigenvalue weighted by molar-refractivity contribution is 0.0716. The van der Waals surface area contributed by atoms with Gasteiger partial charge >= 0.3 is 0 Å². The van der Waals surface area contributed by atoms with Gasteiger partial charge in [0, 0.05) is 30.4 Å². The highest BCUT2D eigenvalue weighted by molar-refractivity contribution is 5.94. The van der Waals surface area contributed by atoms with Gasteiger partial charge in [-0.25, -0.2) is 4.68 Å². The van der Waals surface area contributed by atoms with E-state index in [1.807, 2.05) is 39.9 Å². The molecule has 174 valence electrons. The lowest BCUT2D eigenvalue weighted by Gasteiger charge is -2.27. The lowest BCUT2D eigenvalue weighted by atomic mass is 9.90. The fraction of sp³-hybridized carbons (Fsp3) is 0.393. The molecule has 2 heterocycles. The number of amides is 1. The van der Waals surface area contributed by atoms with Crippen molar-refractivity contribution in [1.29, 1.82) is 5.26 Å². The maximum absolute atomic E-state index is 13.5. The molecule has 1 amide bonds. The van der Waals surface area contributed by atoms with E-state index in [4.69, 9.17) is 10.4 Å². The molecular formula is C28H31N5O. The van der Waals surface area contributed by atoms with E-state index in [0.29, 0.717) is 17.3 Å². The normalized spacial score (nSPS) is 17.7. The third-order valence-electron chi connectivity index (χ3n) is 7.05. The van der Waals surface area contributed by atoms with Gasteiger partial charge in [-0.1, -0.05) is 30.3 Å². The van der Waals surface area contributed by atoms with Crippen molar-refractivity contribution in [2.45, 2.75) is 51.0 Å². The first-order valence-corrected chi connectivity index (χ1v) is 12.4. The van der Waals surface area contributed by atoms with Gasteiger partial charge in [-0.2, -0.15) is 10.4 Å². The van der Waals surface area contributed by atoms with Crippen LogP contribution in [0.15, 0.2) is 54.6 Å². The van der Waals surface area contributed by atoms with Gasteiger partial charge in [0.05, 0.1) is 17.3 Å². The summed E-state index contributed by atoms with van der Waals surface area (Å²) in [6, 6.07) is 20.5.